The molecule has 0 radical (unpaired) electrons. The lowest BCUT2D eigenvalue weighted by atomic mass is 10.2. The van der Waals surface area contributed by atoms with Crippen molar-refractivity contribution in [3.05, 3.63) is 100 Å². The Kier molecular flexibility index (Phi) is 31.8. The summed E-state index contributed by atoms with van der Waals surface area (Å²) in [4.78, 5) is 30.9. The van der Waals surface area contributed by atoms with Crippen LogP contribution in [0.15, 0.2) is 100 Å². The summed E-state index contributed by atoms with van der Waals surface area (Å²) in [6, 6.07) is 0. The number of nitrogens with one attached hydrogen (secondary N) is 1. The molecule has 0 aromatic rings. The second-order valence-electron chi connectivity index (χ2n) is 10.9. The summed E-state index contributed by atoms with van der Waals surface area (Å²) in [5.74, 6) is -3.91. The van der Waals surface area contributed by atoms with Crippen molar-refractivity contribution in [1.82, 2.24) is 5.32 Å². The van der Waals surface area contributed by atoms with E-state index in [9.17, 15) is 24.6 Å². The number of aliphatic carboxylic acids is 2. The molecule has 42 heavy (non-hydrogen) atoms. The predicted octanol–water partition coefficient (Wildman–Crippen LogP) is -1.63. The van der Waals surface area contributed by atoms with Gasteiger partial charge in [-0.1, -0.05) is 46.1 Å². The Morgan fingerprint density at radius 2 is 0.857 bits per heavy atom. The zero-order chi connectivity index (χ0) is 33.1. The molecule has 0 aromatic heterocycles. The van der Waals surface area contributed by atoms with Gasteiger partial charge < -0.3 is 51.0 Å². The zero-order valence-corrected chi connectivity index (χ0v) is 27.5. The highest BCUT2D eigenvalue weighted by Gasteiger charge is 2.09. The minimum atomic E-state index is -1.68. The molecule has 0 aliphatic rings. The molecule has 0 aliphatic heterocycles. The van der Waals surface area contributed by atoms with Crippen molar-refractivity contribution < 1.29 is 50.5 Å². The smallest absolute Gasteiger partial charge is 0.247 e. The number of hydrogen-bond acceptors (Lipinski definition) is 5. The topological polar surface area (TPSA) is 109 Å². The van der Waals surface area contributed by atoms with Gasteiger partial charge in [-0.2, -0.15) is 0 Å². The number of amides is 1. The van der Waals surface area contributed by atoms with E-state index in [1.54, 1.807) is 0 Å². The van der Waals surface area contributed by atoms with Crippen LogP contribution >= 0.6 is 0 Å². The van der Waals surface area contributed by atoms with Gasteiger partial charge in [0.1, 0.15) is 0 Å². The Labute approximate surface area is 261 Å². The molecule has 9 nitrogen and oxygen atoms in total. The van der Waals surface area contributed by atoms with Crippen LogP contribution < -0.4 is 27.9 Å². The quantitative estimate of drug-likeness (QED) is 0.121. The minimum Gasteiger partial charge on any atom is -1.00 e. The lowest BCUT2D eigenvalue weighted by molar-refractivity contribution is -0.878. The number of hydrogen-bond donors (Lipinski definition) is 1. The molecule has 0 aliphatic carbocycles. The van der Waals surface area contributed by atoms with Gasteiger partial charge in [-0.25, -0.2) is 0 Å². The third-order valence-corrected chi connectivity index (χ3v) is 4.91. The van der Waals surface area contributed by atoms with E-state index in [2.05, 4.69) is 88.3 Å². The maximum absolute atomic E-state index is 10.6. The SMILES string of the molecule is C=CC(=O)NC=C(CC(=O)[O-])C(=O)[O-].C=CC[N+](C)(C)CC=C.C=CC[N+](C)(C)CC=C.C=CC[N+](C)(C)CC=C.[Cl-]. The van der Waals surface area contributed by atoms with E-state index >= 15 is 0 Å². The first kappa shape index (κ1) is 48.2. The number of nitrogens with zero attached hydrogens (tertiary/aromatic N) is 3. The fraction of sp³-hybridized carbons (Fsp3) is 0.406. The number of carbonyl (C=O) groups excluding carboxylic acids is 3. The number of carboxylic acids is 2. The lowest BCUT2D eigenvalue weighted by Gasteiger charge is -2.26. The second-order valence-corrected chi connectivity index (χ2v) is 10.9. The van der Waals surface area contributed by atoms with Gasteiger partial charge in [0.15, 0.2) is 0 Å². The third-order valence-electron chi connectivity index (χ3n) is 4.91. The van der Waals surface area contributed by atoms with Gasteiger partial charge in [0.25, 0.3) is 0 Å². The summed E-state index contributed by atoms with van der Waals surface area (Å²) < 4.78 is 2.85. The van der Waals surface area contributed by atoms with Crippen molar-refractivity contribution in [2.75, 3.05) is 81.6 Å². The normalized spacial score (nSPS) is 10.5. The van der Waals surface area contributed by atoms with Crippen LogP contribution in [0.25, 0.3) is 0 Å². The minimum absolute atomic E-state index is 0. The van der Waals surface area contributed by atoms with E-state index in [0.717, 1.165) is 65.0 Å². The molecule has 1 N–H and O–H groups in total. The summed E-state index contributed by atoms with van der Waals surface area (Å²) in [7, 11) is 12.9. The molecule has 1 amide bonds. The Bertz CT molecular complexity index is 804. The molecule has 10 heteroatoms. The van der Waals surface area contributed by atoms with Crippen LogP contribution in [0.1, 0.15) is 6.42 Å². The monoisotopic (exact) mass is 610 g/mol. The molecule has 0 saturated heterocycles. The van der Waals surface area contributed by atoms with Crippen LogP contribution in [0.5, 0.6) is 0 Å². The van der Waals surface area contributed by atoms with Crippen LogP contribution in [0.4, 0.5) is 0 Å². The first-order valence-corrected chi connectivity index (χ1v) is 13.0. The average molecular weight is 611 g/mol. The molecular formula is C32H55ClN4O5. The van der Waals surface area contributed by atoms with Gasteiger partial charge in [0, 0.05) is 18.6 Å². The van der Waals surface area contributed by atoms with Crippen molar-refractivity contribution in [2.45, 2.75) is 6.42 Å². The zero-order valence-electron chi connectivity index (χ0n) is 26.8. The van der Waals surface area contributed by atoms with E-state index in [-0.39, 0.29) is 12.4 Å². The van der Waals surface area contributed by atoms with Crippen molar-refractivity contribution in [2.24, 2.45) is 0 Å². The Morgan fingerprint density at radius 1 is 0.595 bits per heavy atom. The standard InChI is InChI=1S/C8H9NO5.3C8H16N.ClH/c1-2-6(10)9-4-5(8(13)14)3-7(11)12;3*1-5-7-9(3,4)8-6-2;/h2,4H,1,3H2,(H,9,10)(H,11,12)(H,13,14);3*5-6H,1-2,7-8H2,3-4H3;1H/q;3*+1;/p-3. The van der Waals surface area contributed by atoms with Crippen molar-refractivity contribution in [3.8, 4) is 0 Å². The molecule has 0 heterocycles. The van der Waals surface area contributed by atoms with Gasteiger partial charge in [0.2, 0.25) is 5.91 Å². The molecule has 0 fully saturated rings. The van der Waals surface area contributed by atoms with E-state index in [4.69, 9.17) is 0 Å². The van der Waals surface area contributed by atoms with Crippen LogP contribution in [-0.2, 0) is 14.4 Å². The maximum Gasteiger partial charge on any atom is 0.247 e. The summed E-state index contributed by atoms with van der Waals surface area (Å²) in [6.07, 6.45) is 12.4. The first-order valence-electron chi connectivity index (χ1n) is 13.0. The van der Waals surface area contributed by atoms with Crippen molar-refractivity contribution in [1.29, 1.82) is 0 Å². The fourth-order valence-corrected chi connectivity index (χ4v) is 2.88. The summed E-state index contributed by atoms with van der Waals surface area (Å²) in [5.41, 5.74) is -0.583. The van der Waals surface area contributed by atoms with Crippen LogP contribution in [0.3, 0.4) is 0 Å². The Morgan fingerprint density at radius 3 is 1.02 bits per heavy atom. The van der Waals surface area contributed by atoms with Gasteiger partial charge in [-0.15, -0.1) is 0 Å². The number of quaternary nitrogens is 3. The molecule has 0 saturated carbocycles. The van der Waals surface area contributed by atoms with Gasteiger partial charge in [0.05, 0.1) is 87.5 Å². The molecule has 240 valence electrons. The molecule has 0 atom stereocenters. The van der Waals surface area contributed by atoms with Gasteiger partial charge in [-0.05, 0) is 48.1 Å². The maximum atomic E-state index is 10.6. The number of carboxylic acid groups (broad SMARTS) is 2. The second kappa shape index (κ2) is 27.7. The summed E-state index contributed by atoms with van der Waals surface area (Å²) >= 11 is 0. The van der Waals surface area contributed by atoms with Crippen LogP contribution in [-0.4, -0.2) is 113 Å². The molecule has 0 rings (SSSR count). The first-order chi connectivity index (χ1) is 18.8. The highest BCUT2D eigenvalue weighted by Crippen LogP contribution is 1.97. The lowest BCUT2D eigenvalue weighted by Crippen LogP contribution is -3.00. The van der Waals surface area contributed by atoms with Crippen LogP contribution in [0.2, 0.25) is 0 Å². The largest absolute Gasteiger partial charge is 1.00 e. The average Bonchev–Trinajstić information content (AvgIpc) is 2.82. The van der Waals surface area contributed by atoms with E-state index in [1.165, 1.54) is 0 Å². The molecule has 0 aromatic carbocycles. The summed E-state index contributed by atoms with van der Waals surface area (Å²) in [5, 5.41) is 22.3. The highest BCUT2D eigenvalue weighted by atomic mass is 35.5. The number of halogens is 1. The third kappa shape index (κ3) is 36.5. The number of carbonyl (C=O) groups is 3. The van der Waals surface area contributed by atoms with E-state index in [0.29, 0.717) is 0 Å². The molecular weight excluding hydrogens is 556 g/mol. The van der Waals surface area contributed by atoms with E-state index < -0.39 is 29.8 Å². The predicted molar refractivity (Wildman–Crippen MR) is 168 cm³/mol. The fourth-order valence-electron chi connectivity index (χ4n) is 2.88. The van der Waals surface area contributed by atoms with Crippen LogP contribution in [0, 0.1) is 0 Å². The molecule has 0 bridgehead atoms. The van der Waals surface area contributed by atoms with E-state index in [1.807, 2.05) is 41.8 Å². The number of likely N-dealkylation sites (N-methyl/N-ethyl adjacent to an activating group) is 3. The molecule has 0 unspecified atom stereocenters. The van der Waals surface area contributed by atoms with Crippen molar-refractivity contribution >= 4 is 17.8 Å². The Balaban J connectivity index is -0.000000147. The number of rotatable bonds is 17. The molecule has 0 spiro atoms. The van der Waals surface area contributed by atoms with Crippen molar-refractivity contribution in [3.63, 3.8) is 0 Å². The van der Waals surface area contributed by atoms with Gasteiger partial charge >= 0.3 is 0 Å². The summed E-state index contributed by atoms with van der Waals surface area (Å²) in [6.45, 7) is 31.2. The Hall–Kier alpha value is -3.50. The van der Waals surface area contributed by atoms with Gasteiger partial charge in [-0.3, -0.25) is 4.79 Å². The highest BCUT2D eigenvalue weighted by molar-refractivity contribution is 5.92.